The Morgan fingerprint density at radius 3 is 3.00 bits per heavy atom. The van der Waals surface area contributed by atoms with Crippen LogP contribution in [0.15, 0.2) is 18.2 Å². The first-order valence-corrected chi connectivity index (χ1v) is 8.00. The molecule has 0 spiro atoms. The minimum absolute atomic E-state index is 0.528. The van der Waals surface area contributed by atoms with Crippen LogP contribution in [-0.4, -0.2) is 31.8 Å². The summed E-state index contributed by atoms with van der Waals surface area (Å²) in [5.74, 6) is 1.05. The van der Waals surface area contributed by atoms with E-state index >= 15 is 0 Å². The number of nitrogens with one attached hydrogen (secondary N) is 1. The lowest BCUT2D eigenvalue weighted by atomic mass is 9.97. The smallest absolute Gasteiger partial charge is 0.142 e. The third-order valence-electron chi connectivity index (χ3n) is 4.44. The van der Waals surface area contributed by atoms with Crippen molar-refractivity contribution >= 4 is 5.69 Å². The molecule has 0 amide bonds. The Morgan fingerprint density at radius 1 is 1.35 bits per heavy atom. The van der Waals surface area contributed by atoms with E-state index in [0.717, 1.165) is 25.3 Å². The lowest BCUT2D eigenvalue weighted by Gasteiger charge is -2.35. The van der Waals surface area contributed by atoms with Gasteiger partial charge in [0.2, 0.25) is 0 Å². The van der Waals surface area contributed by atoms with Crippen molar-refractivity contribution < 1.29 is 4.74 Å². The van der Waals surface area contributed by atoms with Crippen LogP contribution in [-0.2, 0) is 6.42 Å². The van der Waals surface area contributed by atoms with Gasteiger partial charge in [-0.25, -0.2) is 0 Å². The first-order valence-electron chi connectivity index (χ1n) is 8.00. The second-order valence-electron chi connectivity index (χ2n) is 6.29. The van der Waals surface area contributed by atoms with Gasteiger partial charge in [-0.1, -0.05) is 12.5 Å². The highest BCUT2D eigenvalue weighted by Crippen LogP contribution is 2.34. The average Bonchev–Trinajstić information content (AvgIpc) is 2.47. The van der Waals surface area contributed by atoms with Gasteiger partial charge in [-0.05, 0) is 57.4 Å². The molecule has 1 aromatic rings. The minimum atomic E-state index is 0.528. The van der Waals surface area contributed by atoms with Crippen molar-refractivity contribution in [3.05, 3.63) is 23.8 Å². The summed E-state index contributed by atoms with van der Waals surface area (Å²) in [6, 6.07) is 7.91. The average molecular weight is 274 g/mol. The van der Waals surface area contributed by atoms with Crippen molar-refractivity contribution in [2.75, 3.05) is 24.6 Å². The largest absolute Gasteiger partial charge is 0.490 e. The predicted molar refractivity (Wildman–Crippen MR) is 83.8 cm³/mol. The molecular weight excluding hydrogens is 248 g/mol. The maximum Gasteiger partial charge on any atom is 0.142 e. The van der Waals surface area contributed by atoms with Gasteiger partial charge in [0.25, 0.3) is 0 Å². The van der Waals surface area contributed by atoms with E-state index in [-0.39, 0.29) is 0 Å². The summed E-state index contributed by atoms with van der Waals surface area (Å²) in [6.07, 6.45) is 5.14. The second kappa shape index (κ2) is 6.04. The molecule has 2 heterocycles. The number of rotatable bonds is 3. The van der Waals surface area contributed by atoms with Gasteiger partial charge in [0, 0.05) is 12.1 Å². The molecule has 1 fully saturated rings. The zero-order valence-electron chi connectivity index (χ0n) is 12.7. The fraction of sp³-hybridized carbons (Fsp3) is 0.647. The molecule has 1 unspecified atom stereocenters. The molecule has 1 aromatic carbocycles. The van der Waals surface area contributed by atoms with E-state index in [9.17, 15) is 0 Å². The number of hydrogen-bond donors (Lipinski definition) is 1. The summed E-state index contributed by atoms with van der Waals surface area (Å²) >= 11 is 0. The van der Waals surface area contributed by atoms with Gasteiger partial charge < -0.3 is 15.0 Å². The van der Waals surface area contributed by atoms with Crippen molar-refractivity contribution in [3.8, 4) is 5.75 Å². The molecule has 0 aliphatic carbocycles. The Labute approximate surface area is 122 Å². The normalized spacial score (nSPS) is 22.6. The fourth-order valence-corrected chi connectivity index (χ4v) is 3.33. The van der Waals surface area contributed by atoms with Crippen LogP contribution in [0.25, 0.3) is 0 Å². The molecule has 1 atom stereocenters. The maximum atomic E-state index is 5.79. The van der Waals surface area contributed by atoms with Gasteiger partial charge in [-0.15, -0.1) is 0 Å². The van der Waals surface area contributed by atoms with Crippen LogP contribution in [0.1, 0.15) is 38.7 Å². The Morgan fingerprint density at radius 2 is 2.25 bits per heavy atom. The zero-order valence-corrected chi connectivity index (χ0v) is 12.7. The van der Waals surface area contributed by atoms with E-state index < -0.39 is 0 Å². The summed E-state index contributed by atoms with van der Waals surface area (Å²) in [6.45, 7) is 7.48. The maximum absolute atomic E-state index is 5.79. The molecular formula is C17H26N2O. The number of piperidine rings is 1. The van der Waals surface area contributed by atoms with Gasteiger partial charge >= 0.3 is 0 Å². The molecule has 3 rings (SSSR count). The quantitative estimate of drug-likeness (QED) is 0.917. The van der Waals surface area contributed by atoms with Gasteiger partial charge in [-0.3, -0.25) is 0 Å². The van der Waals surface area contributed by atoms with Crippen molar-refractivity contribution in [3.63, 3.8) is 0 Å². The summed E-state index contributed by atoms with van der Waals surface area (Å²) in [5.41, 5.74) is 2.71. The molecule has 2 aliphatic heterocycles. The highest BCUT2D eigenvalue weighted by Gasteiger charge is 2.21. The Bertz CT molecular complexity index is 452. The zero-order chi connectivity index (χ0) is 13.9. The lowest BCUT2D eigenvalue weighted by molar-refractivity contribution is 0.302. The molecule has 2 aliphatic rings. The standard InChI is InChI=1S/C17H26N2O/c1-13(2)19-9-10-20-17-7-6-14(12-16(17)19)11-15-5-3-4-8-18-15/h6-7,12-13,15,18H,3-5,8-11H2,1-2H3. The van der Waals surface area contributed by atoms with Crippen LogP contribution in [0.3, 0.4) is 0 Å². The molecule has 1 N–H and O–H groups in total. The van der Waals surface area contributed by atoms with E-state index in [0.29, 0.717) is 12.1 Å². The van der Waals surface area contributed by atoms with E-state index in [2.05, 4.69) is 42.3 Å². The number of hydrogen-bond acceptors (Lipinski definition) is 3. The number of anilines is 1. The van der Waals surface area contributed by atoms with E-state index in [1.54, 1.807) is 0 Å². The Kier molecular flexibility index (Phi) is 4.16. The number of benzene rings is 1. The van der Waals surface area contributed by atoms with Gasteiger partial charge in [0.05, 0.1) is 12.2 Å². The van der Waals surface area contributed by atoms with Crippen molar-refractivity contribution in [2.24, 2.45) is 0 Å². The topological polar surface area (TPSA) is 24.5 Å². The lowest BCUT2D eigenvalue weighted by Crippen LogP contribution is -2.38. The number of fused-ring (bicyclic) bond motifs is 1. The Balaban J connectivity index is 1.78. The molecule has 0 aromatic heterocycles. The molecule has 0 radical (unpaired) electrons. The predicted octanol–water partition coefficient (Wildman–Crippen LogP) is 2.98. The molecule has 20 heavy (non-hydrogen) atoms. The molecule has 1 saturated heterocycles. The van der Waals surface area contributed by atoms with Gasteiger partial charge in [0.1, 0.15) is 12.4 Å². The first-order chi connectivity index (χ1) is 9.74. The Hall–Kier alpha value is -1.22. The molecule has 110 valence electrons. The summed E-state index contributed by atoms with van der Waals surface area (Å²) in [7, 11) is 0. The number of nitrogens with zero attached hydrogens (tertiary/aromatic N) is 1. The molecule has 3 heteroatoms. The van der Waals surface area contributed by atoms with Crippen molar-refractivity contribution in [1.29, 1.82) is 0 Å². The van der Waals surface area contributed by atoms with Crippen LogP contribution in [0.2, 0.25) is 0 Å². The van der Waals surface area contributed by atoms with Crippen LogP contribution in [0, 0.1) is 0 Å². The van der Waals surface area contributed by atoms with Crippen LogP contribution in [0.5, 0.6) is 5.75 Å². The first kappa shape index (κ1) is 13.7. The third kappa shape index (κ3) is 2.93. The minimum Gasteiger partial charge on any atom is -0.490 e. The molecule has 0 bridgehead atoms. The SMILES string of the molecule is CC(C)N1CCOc2ccc(CC3CCCCN3)cc21. The highest BCUT2D eigenvalue weighted by molar-refractivity contribution is 5.62. The van der Waals surface area contributed by atoms with E-state index in [1.165, 1.54) is 37.1 Å². The second-order valence-corrected chi connectivity index (χ2v) is 6.29. The third-order valence-corrected chi connectivity index (χ3v) is 4.44. The summed E-state index contributed by atoms with van der Waals surface area (Å²) in [4.78, 5) is 2.45. The van der Waals surface area contributed by atoms with E-state index in [4.69, 9.17) is 4.74 Å². The van der Waals surface area contributed by atoms with Crippen molar-refractivity contribution in [1.82, 2.24) is 5.32 Å². The molecule has 0 saturated carbocycles. The summed E-state index contributed by atoms with van der Waals surface area (Å²) < 4.78 is 5.79. The summed E-state index contributed by atoms with van der Waals surface area (Å²) in [5, 5.41) is 3.64. The fourth-order valence-electron chi connectivity index (χ4n) is 3.33. The van der Waals surface area contributed by atoms with Crippen LogP contribution < -0.4 is 15.0 Å². The molecule has 3 nitrogen and oxygen atoms in total. The van der Waals surface area contributed by atoms with Crippen LogP contribution >= 0.6 is 0 Å². The monoisotopic (exact) mass is 274 g/mol. The van der Waals surface area contributed by atoms with Gasteiger partial charge in [-0.2, -0.15) is 0 Å². The van der Waals surface area contributed by atoms with Crippen molar-refractivity contribution in [2.45, 2.75) is 51.6 Å². The number of ether oxygens (including phenoxy) is 1. The van der Waals surface area contributed by atoms with Crippen LogP contribution in [0.4, 0.5) is 5.69 Å². The van der Waals surface area contributed by atoms with E-state index in [1.807, 2.05) is 0 Å². The highest BCUT2D eigenvalue weighted by atomic mass is 16.5. The van der Waals surface area contributed by atoms with Gasteiger partial charge in [0.15, 0.2) is 0 Å².